The second kappa shape index (κ2) is 8.10. The predicted molar refractivity (Wildman–Crippen MR) is 110 cm³/mol. The number of β-lactam (4-membered cyclic amide) rings is 1. The molecule has 2 N–H and O–H groups in total. The van der Waals surface area contributed by atoms with Crippen LogP contribution in [0.25, 0.3) is 11.3 Å². The number of carbonyl (C=O) groups excluding carboxylic acids is 2. The molecule has 142 valence electrons. The van der Waals surface area contributed by atoms with Crippen molar-refractivity contribution in [3.8, 4) is 11.3 Å². The first-order chi connectivity index (χ1) is 13.6. The third-order valence-electron chi connectivity index (χ3n) is 4.40. The van der Waals surface area contributed by atoms with Crippen LogP contribution in [0, 0.1) is 0 Å². The topological polar surface area (TPSA) is 74.3 Å². The maximum atomic E-state index is 12.3. The number of hydrazine groups is 1. The van der Waals surface area contributed by atoms with E-state index >= 15 is 0 Å². The fraction of sp³-hybridized carbons (Fsp3) is 0.150. The Hall–Kier alpha value is -2.74. The highest BCUT2D eigenvalue weighted by molar-refractivity contribution is 7.14. The Balaban J connectivity index is 1.34. The zero-order valence-corrected chi connectivity index (χ0v) is 16.3. The average molecular weight is 413 g/mol. The number of halogens is 1. The summed E-state index contributed by atoms with van der Waals surface area (Å²) in [5.74, 6) is -0.532. The lowest BCUT2D eigenvalue weighted by molar-refractivity contribution is -0.151. The highest BCUT2D eigenvalue weighted by Crippen LogP contribution is 2.36. The number of amides is 2. The highest BCUT2D eigenvalue weighted by Gasteiger charge is 2.47. The van der Waals surface area contributed by atoms with Crippen molar-refractivity contribution in [3.05, 3.63) is 71.6 Å². The number of hydrogen-bond donors (Lipinski definition) is 2. The van der Waals surface area contributed by atoms with Crippen LogP contribution in [0.2, 0.25) is 0 Å². The van der Waals surface area contributed by atoms with E-state index in [1.54, 1.807) is 0 Å². The zero-order valence-electron chi connectivity index (χ0n) is 14.7. The van der Waals surface area contributed by atoms with E-state index in [-0.39, 0.29) is 24.4 Å². The van der Waals surface area contributed by atoms with Gasteiger partial charge < -0.3 is 5.32 Å². The maximum absolute atomic E-state index is 12.3. The lowest BCUT2D eigenvalue weighted by Crippen LogP contribution is -2.62. The number of benzene rings is 2. The second-order valence-corrected chi connectivity index (χ2v) is 7.58. The first-order valence-electron chi connectivity index (χ1n) is 8.70. The van der Waals surface area contributed by atoms with Gasteiger partial charge in [0.2, 0.25) is 5.91 Å². The lowest BCUT2D eigenvalue weighted by Gasteiger charge is -2.44. The average Bonchev–Trinajstić information content (AvgIpc) is 3.20. The molecule has 2 atom stereocenters. The minimum Gasteiger partial charge on any atom is -0.301 e. The number of anilines is 1. The molecule has 3 aromatic rings. The van der Waals surface area contributed by atoms with Crippen LogP contribution in [-0.2, 0) is 9.59 Å². The van der Waals surface area contributed by atoms with E-state index < -0.39 is 5.38 Å². The van der Waals surface area contributed by atoms with Crippen LogP contribution in [-0.4, -0.2) is 33.7 Å². The number of carbonyl (C=O) groups is 2. The molecular formula is C20H17ClN4O2S. The van der Waals surface area contributed by atoms with Crippen LogP contribution < -0.4 is 10.7 Å². The summed E-state index contributed by atoms with van der Waals surface area (Å²) in [6, 6.07) is 18.9. The van der Waals surface area contributed by atoms with Crippen LogP contribution in [0.1, 0.15) is 11.6 Å². The van der Waals surface area contributed by atoms with E-state index in [1.165, 1.54) is 16.3 Å². The van der Waals surface area contributed by atoms with Gasteiger partial charge in [0.1, 0.15) is 5.38 Å². The van der Waals surface area contributed by atoms with Crippen LogP contribution >= 0.6 is 22.9 Å². The molecule has 0 aliphatic carbocycles. The van der Waals surface area contributed by atoms with Crippen molar-refractivity contribution in [1.29, 1.82) is 0 Å². The predicted octanol–water partition coefficient (Wildman–Crippen LogP) is 3.44. The number of aromatic nitrogens is 1. The lowest BCUT2D eigenvalue weighted by atomic mass is 9.95. The van der Waals surface area contributed by atoms with Crippen molar-refractivity contribution < 1.29 is 9.59 Å². The fourth-order valence-corrected chi connectivity index (χ4v) is 4.09. The monoisotopic (exact) mass is 412 g/mol. The van der Waals surface area contributed by atoms with Crippen LogP contribution in [0.3, 0.4) is 0 Å². The smallest absolute Gasteiger partial charge is 0.257 e. The Morgan fingerprint density at radius 1 is 1.11 bits per heavy atom. The fourth-order valence-electron chi connectivity index (χ4n) is 2.99. The summed E-state index contributed by atoms with van der Waals surface area (Å²) in [7, 11) is 0. The number of nitrogens with one attached hydrogen (secondary N) is 2. The molecule has 28 heavy (non-hydrogen) atoms. The molecule has 0 saturated carbocycles. The molecule has 1 aliphatic rings. The van der Waals surface area contributed by atoms with Gasteiger partial charge in [-0.1, -0.05) is 60.7 Å². The maximum Gasteiger partial charge on any atom is 0.257 e. The van der Waals surface area contributed by atoms with Gasteiger partial charge in [0.15, 0.2) is 5.13 Å². The summed E-state index contributed by atoms with van der Waals surface area (Å²) in [6.45, 7) is -0.0566. The molecule has 2 unspecified atom stereocenters. The molecule has 0 radical (unpaired) electrons. The Kier molecular flexibility index (Phi) is 5.38. The number of thiazole rings is 1. The Labute approximate surface area is 171 Å². The van der Waals surface area contributed by atoms with Crippen molar-refractivity contribution in [3.63, 3.8) is 0 Å². The van der Waals surface area contributed by atoms with Crippen molar-refractivity contribution in [2.24, 2.45) is 0 Å². The van der Waals surface area contributed by atoms with Crippen LogP contribution in [0.4, 0.5) is 5.13 Å². The van der Waals surface area contributed by atoms with Gasteiger partial charge in [-0.2, -0.15) is 0 Å². The summed E-state index contributed by atoms with van der Waals surface area (Å²) >= 11 is 7.51. The molecule has 1 fully saturated rings. The summed E-state index contributed by atoms with van der Waals surface area (Å²) in [4.78, 5) is 28.8. The Bertz CT molecular complexity index is 980. The highest BCUT2D eigenvalue weighted by atomic mass is 35.5. The van der Waals surface area contributed by atoms with E-state index in [2.05, 4.69) is 15.7 Å². The molecular weight excluding hydrogens is 396 g/mol. The van der Waals surface area contributed by atoms with Gasteiger partial charge in [0.05, 0.1) is 18.3 Å². The van der Waals surface area contributed by atoms with E-state index in [0.29, 0.717) is 5.13 Å². The SMILES string of the molecule is O=C(CNN1C(=O)C(Cl)C1c1ccccc1)Nc1nc(-c2ccccc2)cs1. The first-order valence-corrected chi connectivity index (χ1v) is 10.0. The Morgan fingerprint density at radius 2 is 1.79 bits per heavy atom. The van der Waals surface area contributed by atoms with Gasteiger partial charge in [-0.3, -0.25) is 14.6 Å². The minimum atomic E-state index is -0.634. The van der Waals surface area contributed by atoms with Gasteiger partial charge >= 0.3 is 0 Å². The molecule has 1 aliphatic heterocycles. The third kappa shape index (κ3) is 3.77. The third-order valence-corrected chi connectivity index (χ3v) is 5.58. The van der Waals surface area contributed by atoms with E-state index in [1.807, 2.05) is 66.0 Å². The van der Waals surface area contributed by atoms with Gasteiger partial charge in [-0.05, 0) is 5.56 Å². The van der Waals surface area contributed by atoms with E-state index in [0.717, 1.165) is 16.8 Å². The van der Waals surface area contributed by atoms with Crippen LogP contribution in [0.15, 0.2) is 66.0 Å². The minimum absolute atomic E-state index is 0.0566. The number of hydrogen-bond acceptors (Lipinski definition) is 5. The molecule has 6 nitrogen and oxygen atoms in total. The number of rotatable bonds is 6. The van der Waals surface area contributed by atoms with Crippen molar-refractivity contribution in [2.75, 3.05) is 11.9 Å². The quantitative estimate of drug-likeness (QED) is 0.480. The standard InChI is InChI=1S/C20H17ClN4O2S/c21-17-18(14-9-5-2-6-10-14)25(19(17)27)22-11-16(26)24-20-23-15(12-28-20)13-7-3-1-4-8-13/h1-10,12,17-18,22H,11H2,(H,23,24,26). The van der Waals surface area contributed by atoms with Gasteiger partial charge in [0.25, 0.3) is 5.91 Å². The first kappa shape index (κ1) is 18.6. The molecule has 0 bridgehead atoms. The summed E-state index contributed by atoms with van der Waals surface area (Å²) in [5, 5.41) is 5.92. The van der Waals surface area contributed by atoms with E-state index in [4.69, 9.17) is 11.6 Å². The molecule has 8 heteroatoms. The van der Waals surface area contributed by atoms with Gasteiger partial charge in [0, 0.05) is 10.9 Å². The second-order valence-electron chi connectivity index (χ2n) is 6.25. The summed E-state index contributed by atoms with van der Waals surface area (Å²) in [6.07, 6.45) is 0. The largest absolute Gasteiger partial charge is 0.301 e. The molecule has 0 spiro atoms. The van der Waals surface area contributed by atoms with Crippen molar-refractivity contribution >= 4 is 39.9 Å². The zero-order chi connectivity index (χ0) is 19.5. The molecule has 2 amide bonds. The van der Waals surface area contributed by atoms with E-state index in [9.17, 15) is 9.59 Å². The molecule has 4 rings (SSSR count). The molecule has 1 aromatic heterocycles. The van der Waals surface area contributed by atoms with Crippen LogP contribution in [0.5, 0.6) is 0 Å². The normalized spacial score (nSPS) is 18.6. The number of nitrogens with zero attached hydrogens (tertiary/aromatic N) is 2. The summed E-state index contributed by atoms with van der Waals surface area (Å²) < 4.78 is 0. The van der Waals surface area contributed by atoms with Crippen molar-refractivity contribution in [1.82, 2.24) is 15.4 Å². The number of alkyl halides is 1. The Morgan fingerprint density at radius 3 is 2.50 bits per heavy atom. The molecule has 2 aromatic carbocycles. The van der Waals surface area contributed by atoms with Gasteiger partial charge in [-0.25, -0.2) is 10.4 Å². The molecule has 2 heterocycles. The molecule has 1 saturated heterocycles. The van der Waals surface area contributed by atoms with Gasteiger partial charge in [-0.15, -0.1) is 22.9 Å². The summed E-state index contributed by atoms with van der Waals surface area (Å²) in [5.41, 5.74) is 5.58. The van der Waals surface area contributed by atoms with Crippen molar-refractivity contribution in [2.45, 2.75) is 11.4 Å².